The first-order valence-corrected chi connectivity index (χ1v) is 7.01. The molecular weight excluding hydrogens is 256 g/mol. The van der Waals surface area contributed by atoms with E-state index in [4.69, 9.17) is 9.84 Å². The SMILES string of the molecule is CC(=O)Cc1cccc(OCCCCCCC(=O)O)c1. The summed E-state index contributed by atoms with van der Waals surface area (Å²) >= 11 is 0. The van der Waals surface area contributed by atoms with Crippen molar-refractivity contribution in [1.82, 2.24) is 0 Å². The van der Waals surface area contributed by atoms with Crippen molar-refractivity contribution in [2.24, 2.45) is 0 Å². The second-order valence-electron chi connectivity index (χ2n) is 4.93. The normalized spacial score (nSPS) is 10.2. The van der Waals surface area contributed by atoms with Gasteiger partial charge >= 0.3 is 5.97 Å². The quantitative estimate of drug-likeness (QED) is 0.667. The standard InChI is InChI=1S/C16H22O4/c1-13(17)11-14-7-6-8-15(12-14)20-10-5-3-2-4-9-16(18)19/h6-8,12H,2-5,9-11H2,1H3,(H,18,19). The highest BCUT2D eigenvalue weighted by Gasteiger charge is 2.00. The van der Waals surface area contributed by atoms with E-state index >= 15 is 0 Å². The van der Waals surface area contributed by atoms with Crippen molar-refractivity contribution in [2.75, 3.05) is 6.61 Å². The summed E-state index contributed by atoms with van der Waals surface area (Å²) in [5, 5.41) is 8.50. The Morgan fingerprint density at radius 2 is 1.90 bits per heavy atom. The lowest BCUT2D eigenvalue weighted by Crippen LogP contribution is -2.00. The Balaban J connectivity index is 2.18. The van der Waals surface area contributed by atoms with Crippen LogP contribution < -0.4 is 4.74 Å². The first-order valence-electron chi connectivity index (χ1n) is 7.01. The molecular formula is C16H22O4. The molecule has 0 bridgehead atoms. The average Bonchev–Trinajstić information content (AvgIpc) is 2.37. The molecule has 4 heteroatoms. The maximum atomic E-state index is 11.1. The number of ether oxygens (including phenoxy) is 1. The predicted molar refractivity (Wildman–Crippen MR) is 77.0 cm³/mol. The van der Waals surface area contributed by atoms with E-state index in [-0.39, 0.29) is 12.2 Å². The minimum absolute atomic E-state index is 0.139. The number of carbonyl (C=O) groups is 2. The number of ketones is 1. The lowest BCUT2D eigenvalue weighted by Gasteiger charge is -2.07. The zero-order valence-electron chi connectivity index (χ0n) is 11.9. The van der Waals surface area contributed by atoms with Crippen molar-refractivity contribution in [1.29, 1.82) is 0 Å². The number of Topliss-reactive ketones (excluding diaryl/α,β-unsaturated/α-hetero) is 1. The maximum absolute atomic E-state index is 11.1. The van der Waals surface area contributed by atoms with Gasteiger partial charge in [0, 0.05) is 12.8 Å². The molecule has 0 aliphatic rings. The molecule has 0 spiro atoms. The molecule has 0 saturated carbocycles. The Morgan fingerprint density at radius 3 is 2.60 bits per heavy atom. The molecule has 0 aliphatic heterocycles. The van der Waals surface area contributed by atoms with Crippen LogP contribution in [0.2, 0.25) is 0 Å². The first kappa shape index (κ1) is 16.2. The van der Waals surface area contributed by atoms with Gasteiger partial charge in [0.05, 0.1) is 6.61 Å². The van der Waals surface area contributed by atoms with Gasteiger partial charge in [0.1, 0.15) is 11.5 Å². The highest BCUT2D eigenvalue weighted by molar-refractivity contribution is 5.78. The summed E-state index contributed by atoms with van der Waals surface area (Å²) in [5.74, 6) is 0.193. The van der Waals surface area contributed by atoms with E-state index in [2.05, 4.69) is 0 Å². The minimum atomic E-state index is -0.733. The van der Waals surface area contributed by atoms with E-state index in [1.807, 2.05) is 24.3 Å². The summed E-state index contributed by atoms with van der Waals surface area (Å²) in [6.07, 6.45) is 4.21. The average molecular weight is 278 g/mol. The van der Waals surface area contributed by atoms with Crippen LogP contribution >= 0.6 is 0 Å². The summed E-state index contributed by atoms with van der Waals surface area (Å²) in [4.78, 5) is 21.4. The van der Waals surface area contributed by atoms with Crippen LogP contribution in [0.1, 0.15) is 44.6 Å². The van der Waals surface area contributed by atoms with Gasteiger partial charge in [0.25, 0.3) is 0 Å². The number of rotatable bonds is 10. The Labute approximate surface area is 119 Å². The molecule has 0 unspecified atom stereocenters. The highest BCUT2D eigenvalue weighted by atomic mass is 16.5. The largest absolute Gasteiger partial charge is 0.494 e. The van der Waals surface area contributed by atoms with E-state index in [0.717, 1.165) is 37.0 Å². The third-order valence-corrected chi connectivity index (χ3v) is 2.91. The molecule has 20 heavy (non-hydrogen) atoms. The molecule has 1 rings (SSSR count). The third kappa shape index (κ3) is 7.56. The first-order chi connectivity index (χ1) is 9.58. The van der Waals surface area contributed by atoms with Gasteiger partial charge in [-0.1, -0.05) is 25.0 Å². The Hall–Kier alpha value is -1.84. The molecule has 110 valence electrons. The van der Waals surface area contributed by atoms with Crippen molar-refractivity contribution in [3.8, 4) is 5.75 Å². The summed E-state index contributed by atoms with van der Waals surface area (Å²) in [7, 11) is 0. The van der Waals surface area contributed by atoms with Gasteiger partial charge in [-0.2, -0.15) is 0 Å². The van der Waals surface area contributed by atoms with E-state index < -0.39 is 5.97 Å². The number of carbonyl (C=O) groups excluding carboxylic acids is 1. The molecule has 0 amide bonds. The molecule has 0 aliphatic carbocycles. The van der Waals surface area contributed by atoms with E-state index in [9.17, 15) is 9.59 Å². The van der Waals surface area contributed by atoms with Crippen molar-refractivity contribution in [3.05, 3.63) is 29.8 Å². The van der Waals surface area contributed by atoms with Crippen LogP contribution in [0.15, 0.2) is 24.3 Å². The van der Waals surface area contributed by atoms with Crippen molar-refractivity contribution in [2.45, 2.75) is 45.4 Å². The van der Waals surface area contributed by atoms with Gasteiger partial charge in [-0.15, -0.1) is 0 Å². The van der Waals surface area contributed by atoms with Crippen LogP contribution in [0.25, 0.3) is 0 Å². The number of unbranched alkanes of at least 4 members (excludes halogenated alkanes) is 3. The topological polar surface area (TPSA) is 63.6 Å². The molecule has 0 saturated heterocycles. The van der Waals surface area contributed by atoms with Crippen LogP contribution in [0.3, 0.4) is 0 Å². The van der Waals surface area contributed by atoms with Crippen LogP contribution in [0, 0.1) is 0 Å². The fourth-order valence-electron chi connectivity index (χ4n) is 1.95. The Morgan fingerprint density at radius 1 is 1.15 bits per heavy atom. The van der Waals surface area contributed by atoms with E-state index in [1.54, 1.807) is 6.92 Å². The summed E-state index contributed by atoms with van der Waals surface area (Å²) < 4.78 is 5.63. The zero-order valence-corrected chi connectivity index (χ0v) is 11.9. The van der Waals surface area contributed by atoms with Crippen molar-refractivity contribution >= 4 is 11.8 Å². The van der Waals surface area contributed by atoms with E-state index in [1.165, 1.54) is 0 Å². The molecule has 0 fully saturated rings. The number of benzene rings is 1. The third-order valence-electron chi connectivity index (χ3n) is 2.91. The Kier molecular flexibility index (Phi) is 7.40. The molecule has 4 nitrogen and oxygen atoms in total. The summed E-state index contributed by atoms with van der Waals surface area (Å²) in [5.41, 5.74) is 0.969. The number of hydrogen-bond acceptors (Lipinski definition) is 3. The fraction of sp³-hybridized carbons (Fsp3) is 0.500. The van der Waals surface area contributed by atoms with Gasteiger partial charge < -0.3 is 9.84 Å². The van der Waals surface area contributed by atoms with Crippen LogP contribution in [0.5, 0.6) is 5.75 Å². The minimum Gasteiger partial charge on any atom is -0.494 e. The predicted octanol–water partition coefficient (Wildman–Crippen LogP) is 3.23. The van der Waals surface area contributed by atoms with Crippen LogP contribution in [0.4, 0.5) is 0 Å². The number of carboxylic acid groups (broad SMARTS) is 1. The van der Waals surface area contributed by atoms with E-state index in [0.29, 0.717) is 13.0 Å². The fourth-order valence-corrected chi connectivity index (χ4v) is 1.95. The molecule has 1 aromatic rings. The second-order valence-corrected chi connectivity index (χ2v) is 4.93. The molecule has 0 aromatic heterocycles. The number of carboxylic acids is 1. The number of hydrogen-bond donors (Lipinski definition) is 1. The lowest BCUT2D eigenvalue weighted by molar-refractivity contribution is -0.137. The van der Waals surface area contributed by atoms with Gasteiger partial charge in [0.15, 0.2) is 0 Å². The molecule has 1 N–H and O–H groups in total. The van der Waals surface area contributed by atoms with Gasteiger partial charge in [-0.05, 0) is 37.5 Å². The van der Waals surface area contributed by atoms with Gasteiger partial charge in [-0.25, -0.2) is 0 Å². The van der Waals surface area contributed by atoms with Crippen LogP contribution in [-0.2, 0) is 16.0 Å². The lowest BCUT2D eigenvalue weighted by atomic mass is 10.1. The Bertz CT molecular complexity index is 440. The summed E-state index contributed by atoms with van der Waals surface area (Å²) in [6.45, 7) is 2.20. The zero-order chi connectivity index (χ0) is 14.8. The molecule has 0 radical (unpaired) electrons. The van der Waals surface area contributed by atoms with Crippen molar-refractivity contribution in [3.63, 3.8) is 0 Å². The number of aliphatic carboxylic acids is 1. The monoisotopic (exact) mass is 278 g/mol. The smallest absolute Gasteiger partial charge is 0.303 e. The summed E-state index contributed by atoms with van der Waals surface area (Å²) in [6, 6.07) is 7.58. The van der Waals surface area contributed by atoms with Crippen LogP contribution in [-0.4, -0.2) is 23.5 Å². The maximum Gasteiger partial charge on any atom is 0.303 e. The molecule has 0 atom stereocenters. The highest BCUT2D eigenvalue weighted by Crippen LogP contribution is 2.15. The molecule has 1 aromatic carbocycles. The second kappa shape index (κ2) is 9.13. The van der Waals surface area contributed by atoms with Gasteiger partial charge in [-0.3, -0.25) is 9.59 Å². The van der Waals surface area contributed by atoms with Gasteiger partial charge in [0.2, 0.25) is 0 Å². The van der Waals surface area contributed by atoms with Crippen molar-refractivity contribution < 1.29 is 19.4 Å². The molecule has 0 heterocycles.